The minimum absolute atomic E-state index is 0.265. The first-order valence-electron chi connectivity index (χ1n) is 8.63. The summed E-state index contributed by atoms with van der Waals surface area (Å²) in [6, 6.07) is 9.40. The van der Waals surface area contributed by atoms with Crippen LogP contribution in [0, 0.1) is 0 Å². The number of halogens is 3. The van der Waals surface area contributed by atoms with Crippen LogP contribution in [0.25, 0.3) is 0 Å². The molecule has 0 spiro atoms. The van der Waals surface area contributed by atoms with Gasteiger partial charge in [0.15, 0.2) is 0 Å². The normalized spacial score (nSPS) is 13.0. The molecule has 0 heterocycles. The molecule has 1 amide bonds. The molecule has 0 saturated carbocycles. The van der Waals surface area contributed by atoms with Crippen molar-refractivity contribution in [2.45, 2.75) is 30.5 Å². The molecule has 29 heavy (non-hydrogen) atoms. The number of methoxy groups -OCH3 is 1. The lowest BCUT2D eigenvalue weighted by atomic mass is 10.1. The SMILES string of the molecule is COc1ccc(CCNC(=O)C(C)NS(=O)(=O)c2cccc(C(F)(F)F)c2)cc1. The predicted molar refractivity (Wildman–Crippen MR) is 101 cm³/mol. The molecule has 6 nitrogen and oxygen atoms in total. The first kappa shape index (κ1) is 22.7. The summed E-state index contributed by atoms with van der Waals surface area (Å²) in [5.74, 6) is 0.115. The highest BCUT2D eigenvalue weighted by Gasteiger charge is 2.32. The van der Waals surface area contributed by atoms with Gasteiger partial charge in [0.05, 0.1) is 23.6 Å². The van der Waals surface area contributed by atoms with E-state index in [2.05, 4.69) is 10.0 Å². The number of hydrogen-bond donors (Lipinski definition) is 2. The van der Waals surface area contributed by atoms with Crippen LogP contribution >= 0.6 is 0 Å². The van der Waals surface area contributed by atoms with Gasteiger partial charge < -0.3 is 10.1 Å². The number of carbonyl (C=O) groups is 1. The molecule has 0 saturated heterocycles. The molecule has 1 atom stereocenters. The first-order valence-corrected chi connectivity index (χ1v) is 10.1. The third-order valence-electron chi connectivity index (χ3n) is 4.07. The Hall–Kier alpha value is -2.59. The number of hydrogen-bond acceptors (Lipinski definition) is 4. The lowest BCUT2D eigenvalue weighted by molar-refractivity contribution is -0.137. The topological polar surface area (TPSA) is 84.5 Å². The van der Waals surface area contributed by atoms with E-state index in [4.69, 9.17) is 4.74 Å². The molecule has 0 bridgehead atoms. The molecule has 0 aliphatic rings. The van der Waals surface area contributed by atoms with E-state index in [1.165, 1.54) is 6.92 Å². The van der Waals surface area contributed by atoms with Crippen molar-refractivity contribution < 1.29 is 31.1 Å². The average Bonchev–Trinajstić information content (AvgIpc) is 2.67. The van der Waals surface area contributed by atoms with Gasteiger partial charge in [0.25, 0.3) is 0 Å². The number of carbonyl (C=O) groups excluding carboxylic acids is 1. The van der Waals surface area contributed by atoms with Crippen molar-refractivity contribution in [1.82, 2.24) is 10.0 Å². The molecule has 0 aliphatic carbocycles. The standard InChI is InChI=1S/C19H21F3N2O4S/c1-13(18(25)23-11-10-14-6-8-16(28-2)9-7-14)24-29(26,27)17-5-3-4-15(12-17)19(20,21)22/h3-9,12-13,24H,10-11H2,1-2H3,(H,23,25). The monoisotopic (exact) mass is 430 g/mol. The molecule has 2 rings (SSSR count). The van der Waals surface area contributed by atoms with Crippen LogP contribution in [-0.4, -0.2) is 34.0 Å². The van der Waals surface area contributed by atoms with Crippen LogP contribution in [0.3, 0.4) is 0 Å². The zero-order valence-electron chi connectivity index (χ0n) is 15.8. The van der Waals surface area contributed by atoms with Gasteiger partial charge in [-0.3, -0.25) is 4.79 Å². The molecule has 10 heteroatoms. The van der Waals surface area contributed by atoms with Crippen molar-refractivity contribution in [1.29, 1.82) is 0 Å². The molecular formula is C19H21F3N2O4S. The Morgan fingerprint density at radius 2 is 1.79 bits per heavy atom. The fraction of sp³-hybridized carbons (Fsp3) is 0.316. The Morgan fingerprint density at radius 1 is 1.14 bits per heavy atom. The maximum atomic E-state index is 12.8. The fourth-order valence-electron chi connectivity index (χ4n) is 2.47. The van der Waals surface area contributed by atoms with Gasteiger partial charge in [-0.05, 0) is 49.2 Å². The molecule has 2 aromatic rings. The van der Waals surface area contributed by atoms with E-state index in [0.29, 0.717) is 18.2 Å². The molecule has 158 valence electrons. The van der Waals surface area contributed by atoms with Crippen molar-refractivity contribution in [2.75, 3.05) is 13.7 Å². The van der Waals surface area contributed by atoms with Gasteiger partial charge in [0, 0.05) is 6.54 Å². The van der Waals surface area contributed by atoms with Gasteiger partial charge >= 0.3 is 6.18 Å². The summed E-state index contributed by atoms with van der Waals surface area (Å²) in [5, 5.41) is 2.59. The number of ether oxygens (including phenoxy) is 1. The zero-order valence-corrected chi connectivity index (χ0v) is 16.6. The maximum Gasteiger partial charge on any atom is 0.416 e. The van der Waals surface area contributed by atoms with Crippen molar-refractivity contribution in [3.63, 3.8) is 0 Å². The van der Waals surface area contributed by atoms with Gasteiger partial charge in [0.2, 0.25) is 15.9 Å². The Kier molecular flexibility index (Phi) is 7.26. The molecular weight excluding hydrogens is 409 g/mol. The summed E-state index contributed by atoms with van der Waals surface area (Å²) < 4.78 is 70.1. The number of sulfonamides is 1. The largest absolute Gasteiger partial charge is 0.497 e. The average molecular weight is 430 g/mol. The molecule has 0 aromatic heterocycles. The highest BCUT2D eigenvalue weighted by atomic mass is 32.2. The summed E-state index contributed by atoms with van der Waals surface area (Å²) in [7, 11) is -2.74. The second kappa shape index (κ2) is 9.27. The Balaban J connectivity index is 1.93. The van der Waals surface area contributed by atoms with Crippen LogP contribution in [0.4, 0.5) is 13.2 Å². The summed E-state index contributed by atoms with van der Waals surface area (Å²) in [4.78, 5) is 11.6. The van der Waals surface area contributed by atoms with Crippen LogP contribution < -0.4 is 14.8 Å². The Labute approximate surface area is 167 Å². The van der Waals surface area contributed by atoms with Gasteiger partial charge in [-0.2, -0.15) is 17.9 Å². The minimum atomic E-state index is -4.67. The maximum absolute atomic E-state index is 12.8. The second-order valence-corrected chi connectivity index (χ2v) is 7.97. The van der Waals surface area contributed by atoms with Crippen molar-refractivity contribution in [3.05, 3.63) is 59.7 Å². The van der Waals surface area contributed by atoms with E-state index in [-0.39, 0.29) is 6.54 Å². The molecule has 2 aromatic carbocycles. The quantitative estimate of drug-likeness (QED) is 0.675. The van der Waals surface area contributed by atoms with E-state index < -0.39 is 38.6 Å². The Bertz CT molecular complexity index is 945. The highest BCUT2D eigenvalue weighted by molar-refractivity contribution is 7.89. The molecule has 2 N–H and O–H groups in total. The number of rotatable bonds is 8. The third-order valence-corrected chi connectivity index (χ3v) is 5.61. The van der Waals surface area contributed by atoms with Gasteiger partial charge in [-0.25, -0.2) is 8.42 Å². The van der Waals surface area contributed by atoms with Crippen LogP contribution in [0.1, 0.15) is 18.1 Å². The zero-order chi connectivity index (χ0) is 21.7. The van der Waals surface area contributed by atoms with Gasteiger partial charge in [-0.1, -0.05) is 18.2 Å². The van der Waals surface area contributed by atoms with Crippen LogP contribution in [0.15, 0.2) is 53.4 Å². The second-order valence-electron chi connectivity index (χ2n) is 6.26. The fourth-order valence-corrected chi connectivity index (χ4v) is 3.72. The smallest absolute Gasteiger partial charge is 0.416 e. The molecule has 1 unspecified atom stereocenters. The minimum Gasteiger partial charge on any atom is -0.497 e. The highest BCUT2D eigenvalue weighted by Crippen LogP contribution is 2.30. The number of amides is 1. The summed E-state index contributed by atoms with van der Waals surface area (Å²) in [6.07, 6.45) is -4.15. The molecule has 0 radical (unpaired) electrons. The summed E-state index contributed by atoms with van der Waals surface area (Å²) >= 11 is 0. The predicted octanol–water partition coefficient (Wildman–Crippen LogP) is 2.74. The van der Waals surface area contributed by atoms with E-state index >= 15 is 0 Å². The van der Waals surface area contributed by atoms with Crippen LogP contribution in [0.5, 0.6) is 5.75 Å². The van der Waals surface area contributed by atoms with Crippen LogP contribution in [-0.2, 0) is 27.4 Å². The summed E-state index contributed by atoms with van der Waals surface area (Å²) in [6.45, 7) is 1.58. The Morgan fingerprint density at radius 3 is 2.38 bits per heavy atom. The summed E-state index contributed by atoms with van der Waals surface area (Å²) in [5.41, 5.74) is -0.139. The van der Waals surface area contributed by atoms with E-state index in [0.717, 1.165) is 23.8 Å². The first-order chi connectivity index (χ1) is 13.5. The van der Waals surface area contributed by atoms with Gasteiger partial charge in [0.1, 0.15) is 5.75 Å². The van der Waals surface area contributed by atoms with Crippen LogP contribution in [0.2, 0.25) is 0 Å². The lowest BCUT2D eigenvalue weighted by Crippen LogP contribution is -2.45. The van der Waals surface area contributed by atoms with E-state index in [1.54, 1.807) is 19.2 Å². The number of benzene rings is 2. The van der Waals surface area contributed by atoms with E-state index in [9.17, 15) is 26.4 Å². The van der Waals surface area contributed by atoms with E-state index in [1.807, 2.05) is 12.1 Å². The molecule has 0 aliphatic heterocycles. The number of alkyl halides is 3. The lowest BCUT2D eigenvalue weighted by Gasteiger charge is -2.15. The van der Waals surface area contributed by atoms with Crippen molar-refractivity contribution in [2.24, 2.45) is 0 Å². The van der Waals surface area contributed by atoms with Gasteiger partial charge in [-0.15, -0.1) is 0 Å². The number of nitrogens with one attached hydrogen (secondary N) is 2. The third kappa shape index (κ3) is 6.47. The van der Waals surface area contributed by atoms with Crippen molar-refractivity contribution in [3.8, 4) is 5.75 Å². The molecule has 0 fully saturated rings. The van der Waals surface area contributed by atoms with Crippen molar-refractivity contribution >= 4 is 15.9 Å².